The van der Waals surface area contributed by atoms with Gasteiger partial charge in [-0.15, -0.1) is 0 Å². The van der Waals surface area contributed by atoms with Crippen molar-refractivity contribution in [3.05, 3.63) is 45.8 Å². The van der Waals surface area contributed by atoms with Crippen molar-refractivity contribution < 1.29 is 0 Å². The second kappa shape index (κ2) is 5.33. The monoisotopic (exact) mass is 294 g/mol. The maximum absolute atomic E-state index is 5.97. The molecule has 3 rings (SSSR count). The van der Waals surface area contributed by atoms with E-state index in [9.17, 15) is 0 Å². The number of benzene rings is 1. The number of hydrogen-bond donors (Lipinski definition) is 2. The Labute approximate surface area is 121 Å². The Morgan fingerprint density at radius 3 is 2.95 bits per heavy atom. The molecule has 2 N–H and O–H groups in total. The van der Waals surface area contributed by atoms with Crippen LogP contribution < -0.4 is 10.6 Å². The zero-order valence-electron chi connectivity index (χ0n) is 10.1. The normalized spacial score (nSPS) is 14.0. The SMILES string of the molecule is Clc1cccc(Nc2nc(Cl)nc3c2CNCC3)c1. The first-order valence-corrected chi connectivity index (χ1v) is 6.76. The second-order valence-corrected chi connectivity index (χ2v) is 5.10. The van der Waals surface area contributed by atoms with Crippen LogP contribution in [-0.4, -0.2) is 16.5 Å². The molecule has 98 valence electrons. The van der Waals surface area contributed by atoms with Gasteiger partial charge >= 0.3 is 0 Å². The van der Waals surface area contributed by atoms with E-state index in [1.165, 1.54) is 0 Å². The lowest BCUT2D eigenvalue weighted by Crippen LogP contribution is -2.26. The average Bonchev–Trinajstić information content (AvgIpc) is 2.38. The summed E-state index contributed by atoms with van der Waals surface area (Å²) in [7, 11) is 0. The van der Waals surface area contributed by atoms with Gasteiger partial charge in [0.1, 0.15) is 5.82 Å². The third kappa shape index (κ3) is 2.81. The molecule has 0 fully saturated rings. The highest BCUT2D eigenvalue weighted by Crippen LogP contribution is 2.26. The molecule has 2 aromatic rings. The van der Waals surface area contributed by atoms with Crippen molar-refractivity contribution in [3.8, 4) is 0 Å². The van der Waals surface area contributed by atoms with Crippen LogP contribution in [0.3, 0.4) is 0 Å². The number of nitrogens with zero attached hydrogens (tertiary/aromatic N) is 2. The van der Waals surface area contributed by atoms with Crippen molar-refractivity contribution in [1.29, 1.82) is 0 Å². The van der Waals surface area contributed by atoms with Crippen molar-refractivity contribution in [2.45, 2.75) is 13.0 Å². The lowest BCUT2D eigenvalue weighted by Gasteiger charge is -2.19. The molecule has 1 aliphatic heterocycles. The summed E-state index contributed by atoms with van der Waals surface area (Å²) < 4.78 is 0. The fourth-order valence-electron chi connectivity index (χ4n) is 2.12. The summed E-state index contributed by atoms with van der Waals surface area (Å²) in [4.78, 5) is 8.55. The maximum atomic E-state index is 5.97. The Hall–Kier alpha value is -1.36. The van der Waals surface area contributed by atoms with Gasteiger partial charge in [0.05, 0.1) is 5.69 Å². The van der Waals surface area contributed by atoms with Crippen molar-refractivity contribution >= 4 is 34.7 Å². The van der Waals surface area contributed by atoms with Gasteiger partial charge in [0.15, 0.2) is 0 Å². The Morgan fingerprint density at radius 2 is 2.11 bits per heavy atom. The minimum Gasteiger partial charge on any atom is -0.340 e. The largest absolute Gasteiger partial charge is 0.340 e. The molecule has 0 spiro atoms. The minimum absolute atomic E-state index is 0.269. The maximum Gasteiger partial charge on any atom is 0.224 e. The molecular formula is C13H12Cl2N4. The summed E-state index contributed by atoms with van der Waals surface area (Å²) in [6.07, 6.45) is 0.863. The van der Waals surface area contributed by atoms with Crippen LogP contribution in [0.5, 0.6) is 0 Å². The van der Waals surface area contributed by atoms with Gasteiger partial charge in [0, 0.05) is 35.8 Å². The van der Waals surface area contributed by atoms with E-state index < -0.39 is 0 Å². The Bertz CT molecular complexity index is 616. The molecule has 1 aromatic heterocycles. The highest BCUT2D eigenvalue weighted by atomic mass is 35.5. The van der Waals surface area contributed by atoms with Crippen LogP contribution in [0.4, 0.5) is 11.5 Å². The van der Waals surface area contributed by atoms with Gasteiger partial charge in [-0.2, -0.15) is 0 Å². The quantitative estimate of drug-likeness (QED) is 0.836. The zero-order chi connectivity index (χ0) is 13.2. The number of halogens is 2. The molecular weight excluding hydrogens is 283 g/mol. The second-order valence-electron chi connectivity index (χ2n) is 4.33. The summed E-state index contributed by atoms with van der Waals surface area (Å²) in [5, 5.41) is 7.51. The molecule has 0 amide bonds. The van der Waals surface area contributed by atoms with Crippen LogP contribution in [0.1, 0.15) is 11.3 Å². The van der Waals surface area contributed by atoms with Crippen LogP contribution in [0.25, 0.3) is 0 Å². The molecule has 4 nitrogen and oxygen atoms in total. The third-order valence-electron chi connectivity index (χ3n) is 2.99. The van der Waals surface area contributed by atoms with Crippen molar-refractivity contribution in [3.63, 3.8) is 0 Å². The summed E-state index contributed by atoms with van der Waals surface area (Å²) in [6.45, 7) is 1.66. The van der Waals surface area contributed by atoms with Gasteiger partial charge in [0.25, 0.3) is 0 Å². The number of fused-ring (bicyclic) bond motifs is 1. The number of rotatable bonds is 2. The van der Waals surface area contributed by atoms with Crippen molar-refractivity contribution in [1.82, 2.24) is 15.3 Å². The van der Waals surface area contributed by atoms with Gasteiger partial charge in [-0.3, -0.25) is 0 Å². The molecule has 0 aliphatic carbocycles. The molecule has 0 unspecified atom stereocenters. The van der Waals surface area contributed by atoms with E-state index in [2.05, 4.69) is 20.6 Å². The molecule has 0 atom stereocenters. The fourth-order valence-corrected chi connectivity index (χ4v) is 2.50. The molecule has 2 heterocycles. The highest BCUT2D eigenvalue weighted by molar-refractivity contribution is 6.30. The third-order valence-corrected chi connectivity index (χ3v) is 3.40. The first-order chi connectivity index (χ1) is 9.22. The van der Waals surface area contributed by atoms with Gasteiger partial charge in [-0.05, 0) is 29.8 Å². The Balaban J connectivity index is 1.98. The average molecular weight is 295 g/mol. The van der Waals surface area contributed by atoms with E-state index in [-0.39, 0.29) is 5.28 Å². The van der Waals surface area contributed by atoms with Crippen LogP contribution in [-0.2, 0) is 13.0 Å². The van der Waals surface area contributed by atoms with Crippen LogP contribution in [0.15, 0.2) is 24.3 Å². The summed E-state index contributed by atoms with van der Waals surface area (Å²) in [5.74, 6) is 0.740. The van der Waals surface area contributed by atoms with Gasteiger partial charge < -0.3 is 10.6 Å². The van der Waals surface area contributed by atoms with Gasteiger partial charge in [0.2, 0.25) is 5.28 Å². The van der Waals surface area contributed by atoms with Gasteiger partial charge in [-0.1, -0.05) is 17.7 Å². The number of hydrogen-bond acceptors (Lipinski definition) is 4. The van der Waals surface area contributed by atoms with E-state index in [0.717, 1.165) is 42.3 Å². The standard InChI is InChI=1S/C13H12Cl2N4/c14-8-2-1-3-9(6-8)17-12-10-7-16-5-4-11(10)18-13(15)19-12/h1-3,6,16H,4-5,7H2,(H,17,18,19). The van der Waals surface area contributed by atoms with Crippen LogP contribution >= 0.6 is 23.2 Å². The van der Waals surface area contributed by atoms with Crippen molar-refractivity contribution in [2.75, 3.05) is 11.9 Å². The molecule has 0 bridgehead atoms. The minimum atomic E-state index is 0.269. The van der Waals surface area contributed by atoms with E-state index in [1.807, 2.05) is 24.3 Å². The van der Waals surface area contributed by atoms with E-state index in [4.69, 9.17) is 23.2 Å². The lowest BCUT2D eigenvalue weighted by atomic mass is 10.1. The molecule has 0 saturated carbocycles. The number of anilines is 2. The van der Waals surface area contributed by atoms with E-state index in [0.29, 0.717) is 5.02 Å². The molecule has 6 heteroatoms. The van der Waals surface area contributed by atoms with Crippen LogP contribution in [0.2, 0.25) is 10.3 Å². The Kier molecular flexibility index (Phi) is 3.55. The van der Waals surface area contributed by atoms with E-state index >= 15 is 0 Å². The summed E-state index contributed by atoms with van der Waals surface area (Å²) in [5.41, 5.74) is 2.95. The summed E-state index contributed by atoms with van der Waals surface area (Å²) >= 11 is 11.9. The molecule has 19 heavy (non-hydrogen) atoms. The first-order valence-electron chi connectivity index (χ1n) is 6.01. The predicted molar refractivity (Wildman–Crippen MR) is 77.2 cm³/mol. The topological polar surface area (TPSA) is 49.8 Å². The number of aromatic nitrogens is 2. The Morgan fingerprint density at radius 1 is 1.21 bits per heavy atom. The summed E-state index contributed by atoms with van der Waals surface area (Å²) in [6, 6.07) is 7.50. The smallest absolute Gasteiger partial charge is 0.224 e. The molecule has 1 aliphatic rings. The van der Waals surface area contributed by atoms with E-state index in [1.54, 1.807) is 0 Å². The van der Waals surface area contributed by atoms with Gasteiger partial charge in [-0.25, -0.2) is 9.97 Å². The first kappa shape index (κ1) is 12.7. The molecule has 0 radical (unpaired) electrons. The zero-order valence-corrected chi connectivity index (χ0v) is 11.6. The highest BCUT2D eigenvalue weighted by Gasteiger charge is 2.17. The lowest BCUT2D eigenvalue weighted by molar-refractivity contribution is 0.628. The molecule has 1 aromatic carbocycles. The molecule has 0 saturated heterocycles. The van der Waals surface area contributed by atoms with Crippen molar-refractivity contribution in [2.24, 2.45) is 0 Å². The number of nitrogens with one attached hydrogen (secondary N) is 2. The fraction of sp³-hybridized carbons (Fsp3) is 0.231. The van der Waals surface area contributed by atoms with Crippen LogP contribution in [0, 0.1) is 0 Å². The predicted octanol–water partition coefficient (Wildman–Crippen LogP) is 3.17.